The molecule has 0 saturated heterocycles. The van der Waals surface area contributed by atoms with Crippen LogP contribution in [0.15, 0.2) is 47.4 Å². The highest BCUT2D eigenvalue weighted by molar-refractivity contribution is 8.13. The van der Waals surface area contributed by atoms with Gasteiger partial charge < -0.3 is 9.47 Å². The normalized spacial score (nSPS) is 11.6. The van der Waals surface area contributed by atoms with Crippen LogP contribution >= 0.6 is 10.7 Å². The largest absolute Gasteiger partial charge is 0.462 e. The van der Waals surface area contributed by atoms with Crippen molar-refractivity contribution in [3.8, 4) is 5.75 Å². The average molecular weight is 437 g/mol. The Labute approximate surface area is 174 Å². The number of carbonyl (C=O) groups excluding carboxylic acids is 2. The lowest BCUT2D eigenvalue weighted by molar-refractivity contribution is -0.131. The number of rotatable bonds is 7. The van der Waals surface area contributed by atoms with E-state index in [1.54, 1.807) is 36.4 Å². The minimum absolute atomic E-state index is 0.0113. The highest BCUT2D eigenvalue weighted by atomic mass is 35.7. The molecule has 8 heteroatoms. The number of halogens is 1. The maximum Gasteiger partial charge on any atom is 0.341 e. The van der Waals surface area contributed by atoms with Crippen molar-refractivity contribution in [3.63, 3.8) is 0 Å². The van der Waals surface area contributed by atoms with Gasteiger partial charge in [0, 0.05) is 17.6 Å². The van der Waals surface area contributed by atoms with E-state index in [2.05, 4.69) is 0 Å². The fourth-order valence-corrected chi connectivity index (χ4v) is 3.08. The van der Waals surface area contributed by atoms with Gasteiger partial charge in [0.2, 0.25) is 0 Å². The smallest absolute Gasteiger partial charge is 0.341 e. The lowest BCUT2D eigenvalue weighted by Gasteiger charge is -2.11. The Balaban J connectivity index is 2.28. The van der Waals surface area contributed by atoms with E-state index in [0.717, 1.165) is 5.56 Å². The number of esters is 2. The molecule has 0 aromatic heterocycles. The van der Waals surface area contributed by atoms with Crippen LogP contribution in [-0.4, -0.2) is 27.0 Å². The van der Waals surface area contributed by atoms with Gasteiger partial charge >= 0.3 is 11.9 Å². The van der Waals surface area contributed by atoms with E-state index >= 15 is 0 Å². The van der Waals surface area contributed by atoms with Crippen LogP contribution in [-0.2, 0) is 18.6 Å². The topological polar surface area (TPSA) is 86.7 Å². The molecule has 0 spiro atoms. The molecule has 0 amide bonds. The number of hydrogen-bond donors (Lipinski definition) is 0. The molecule has 154 valence electrons. The molecular weight excluding hydrogens is 416 g/mol. The molecule has 6 nitrogen and oxygen atoms in total. The molecule has 2 aromatic rings. The SMILES string of the molecule is CC(=O)Oc1ccc(/C=C/c2ccc(S(=O)(=O)Cl)cc2)cc1C(=O)OCC(C)C. The zero-order valence-electron chi connectivity index (χ0n) is 16.2. The first-order valence-electron chi connectivity index (χ1n) is 8.78. The van der Waals surface area contributed by atoms with Crippen molar-refractivity contribution < 1.29 is 27.5 Å². The van der Waals surface area contributed by atoms with Crippen molar-refractivity contribution >= 4 is 43.8 Å². The van der Waals surface area contributed by atoms with E-state index in [1.807, 2.05) is 13.8 Å². The van der Waals surface area contributed by atoms with E-state index in [4.69, 9.17) is 20.2 Å². The summed E-state index contributed by atoms with van der Waals surface area (Å²) in [4.78, 5) is 23.7. The van der Waals surface area contributed by atoms with Crippen LogP contribution in [0.4, 0.5) is 0 Å². The molecule has 0 aliphatic rings. The zero-order chi connectivity index (χ0) is 21.6. The molecule has 0 aliphatic heterocycles. The predicted octanol–water partition coefficient (Wildman–Crippen LogP) is 4.52. The lowest BCUT2D eigenvalue weighted by Crippen LogP contribution is -2.13. The summed E-state index contributed by atoms with van der Waals surface area (Å²) < 4.78 is 32.9. The van der Waals surface area contributed by atoms with Crippen molar-refractivity contribution in [2.45, 2.75) is 25.7 Å². The summed E-state index contributed by atoms with van der Waals surface area (Å²) in [5, 5.41) is 0. The third-order valence-electron chi connectivity index (χ3n) is 3.65. The molecule has 29 heavy (non-hydrogen) atoms. The van der Waals surface area contributed by atoms with Gasteiger partial charge in [0.25, 0.3) is 9.05 Å². The van der Waals surface area contributed by atoms with E-state index in [9.17, 15) is 18.0 Å². The molecule has 0 fully saturated rings. The number of hydrogen-bond acceptors (Lipinski definition) is 6. The molecule has 0 saturated carbocycles. The summed E-state index contributed by atoms with van der Waals surface area (Å²) in [7, 11) is 1.53. The Morgan fingerprint density at radius 2 is 1.62 bits per heavy atom. The fourth-order valence-electron chi connectivity index (χ4n) is 2.31. The zero-order valence-corrected chi connectivity index (χ0v) is 17.8. The van der Waals surface area contributed by atoms with E-state index < -0.39 is 21.0 Å². The summed E-state index contributed by atoms with van der Waals surface area (Å²) in [6.45, 7) is 5.33. The van der Waals surface area contributed by atoms with E-state index in [-0.39, 0.29) is 28.7 Å². The summed E-state index contributed by atoms with van der Waals surface area (Å²) in [5.41, 5.74) is 1.56. The van der Waals surface area contributed by atoms with Crippen molar-refractivity contribution in [2.75, 3.05) is 6.61 Å². The molecule has 2 aromatic carbocycles. The van der Waals surface area contributed by atoms with Crippen LogP contribution in [0, 0.1) is 5.92 Å². The average Bonchev–Trinajstić information content (AvgIpc) is 2.64. The second-order valence-corrected chi connectivity index (χ2v) is 9.25. The van der Waals surface area contributed by atoms with Crippen molar-refractivity contribution in [2.24, 2.45) is 5.92 Å². The van der Waals surface area contributed by atoms with Gasteiger partial charge in [-0.05, 0) is 41.3 Å². The maximum absolute atomic E-state index is 12.4. The predicted molar refractivity (Wildman–Crippen MR) is 111 cm³/mol. The minimum atomic E-state index is -3.77. The Hall–Kier alpha value is -2.64. The molecule has 0 bridgehead atoms. The van der Waals surface area contributed by atoms with Gasteiger partial charge in [-0.15, -0.1) is 0 Å². The van der Waals surface area contributed by atoms with Gasteiger partial charge in [0.15, 0.2) is 0 Å². The first kappa shape index (κ1) is 22.6. The Morgan fingerprint density at radius 3 is 2.17 bits per heavy atom. The van der Waals surface area contributed by atoms with E-state index in [0.29, 0.717) is 5.56 Å². The van der Waals surface area contributed by atoms with Gasteiger partial charge in [0.1, 0.15) is 11.3 Å². The molecular formula is C21H21ClO6S. The third kappa shape index (κ3) is 7.03. The molecule has 0 heterocycles. The first-order chi connectivity index (χ1) is 13.6. The standard InChI is InChI=1S/C21H21ClO6S/c1-14(2)13-27-21(24)19-12-17(8-11-20(19)28-15(3)23)5-4-16-6-9-18(10-7-16)29(22,25)26/h4-12,14H,13H2,1-3H3/b5-4+. The monoisotopic (exact) mass is 436 g/mol. The number of benzene rings is 2. The van der Waals surface area contributed by atoms with Gasteiger partial charge in [0.05, 0.1) is 11.5 Å². The second-order valence-electron chi connectivity index (χ2n) is 6.68. The highest BCUT2D eigenvalue weighted by Gasteiger charge is 2.17. The third-order valence-corrected chi connectivity index (χ3v) is 5.02. The Bertz CT molecular complexity index is 1020. The van der Waals surface area contributed by atoms with Crippen LogP contribution < -0.4 is 4.74 Å². The number of carbonyl (C=O) groups is 2. The fraction of sp³-hybridized carbons (Fsp3) is 0.238. The van der Waals surface area contributed by atoms with Crippen LogP contribution in [0.25, 0.3) is 12.2 Å². The molecule has 0 atom stereocenters. The second kappa shape index (κ2) is 9.71. The summed E-state index contributed by atoms with van der Waals surface area (Å²) in [5.74, 6) is -0.832. The molecule has 0 unspecified atom stereocenters. The summed E-state index contributed by atoms with van der Waals surface area (Å²) in [6, 6.07) is 10.8. The molecule has 0 radical (unpaired) electrons. The number of ether oxygens (including phenoxy) is 2. The lowest BCUT2D eigenvalue weighted by atomic mass is 10.1. The van der Waals surface area contributed by atoms with Crippen LogP contribution in [0.1, 0.15) is 42.3 Å². The Kier molecular flexibility index (Phi) is 7.59. The molecule has 0 aliphatic carbocycles. The van der Waals surface area contributed by atoms with Crippen molar-refractivity contribution in [3.05, 3.63) is 59.2 Å². The molecule has 0 N–H and O–H groups in total. The highest BCUT2D eigenvalue weighted by Crippen LogP contribution is 2.23. The minimum Gasteiger partial charge on any atom is -0.462 e. The van der Waals surface area contributed by atoms with Gasteiger partial charge in [-0.1, -0.05) is 44.2 Å². The van der Waals surface area contributed by atoms with Crippen LogP contribution in [0.3, 0.4) is 0 Å². The van der Waals surface area contributed by atoms with E-state index in [1.165, 1.54) is 25.1 Å². The summed E-state index contributed by atoms with van der Waals surface area (Å²) >= 11 is 0. The van der Waals surface area contributed by atoms with Crippen molar-refractivity contribution in [1.82, 2.24) is 0 Å². The Morgan fingerprint density at radius 1 is 1.03 bits per heavy atom. The quantitative estimate of drug-likeness (QED) is 0.274. The maximum atomic E-state index is 12.4. The van der Waals surface area contributed by atoms with Gasteiger partial charge in [-0.3, -0.25) is 4.79 Å². The summed E-state index contributed by atoms with van der Waals surface area (Å²) in [6.07, 6.45) is 3.48. The van der Waals surface area contributed by atoms with Crippen LogP contribution in [0.5, 0.6) is 5.75 Å². The first-order valence-corrected chi connectivity index (χ1v) is 11.1. The molecule has 2 rings (SSSR count). The van der Waals surface area contributed by atoms with Gasteiger partial charge in [-0.25, -0.2) is 13.2 Å². The van der Waals surface area contributed by atoms with Crippen LogP contribution in [0.2, 0.25) is 0 Å². The van der Waals surface area contributed by atoms with Gasteiger partial charge in [-0.2, -0.15) is 0 Å². The van der Waals surface area contributed by atoms with Crippen molar-refractivity contribution in [1.29, 1.82) is 0 Å².